The molecule has 4 heteroatoms. The minimum absolute atomic E-state index is 0.217. The SMILES string of the molecule is CCc1cc(C2(N)CC2)c(O)c(Br)c1OC. The Morgan fingerprint density at radius 2 is 2.19 bits per heavy atom. The number of hydrogen-bond donors (Lipinski definition) is 2. The van der Waals surface area contributed by atoms with Gasteiger partial charge in [0, 0.05) is 11.1 Å². The van der Waals surface area contributed by atoms with E-state index in [9.17, 15) is 5.11 Å². The molecule has 3 N–H and O–H groups in total. The number of methoxy groups -OCH3 is 1. The van der Waals surface area contributed by atoms with E-state index in [-0.39, 0.29) is 11.3 Å². The lowest BCUT2D eigenvalue weighted by atomic mass is 9.99. The summed E-state index contributed by atoms with van der Waals surface area (Å²) in [5.41, 5.74) is 7.70. The third-order valence-corrected chi connectivity index (χ3v) is 3.92. The van der Waals surface area contributed by atoms with Crippen LogP contribution in [0.2, 0.25) is 0 Å². The van der Waals surface area contributed by atoms with E-state index in [1.165, 1.54) is 0 Å². The zero-order valence-corrected chi connectivity index (χ0v) is 11.1. The molecule has 0 unspecified atom stereocenters. The van der Waals surface area contributed by atoms with Gasteiger partial charge >= 0.3 is 0 Å². The molecule has 0 spiro atoms. The van der Waals surface area contributed by atoms with Crippen LogP contribution in [-0.4, -0.2) is 12.2 Å². The van der Waals surface area contributed by atoms with Crippen LogP contribution in [0.1, 0.15) is 30.9 Å². The van der Waals surface area contributed by atoms with Crippen LogP contribution in [0, 0.1) is 0 Å². The Morgan fingerprint density at radius 1 is 1.56 bits per heavy atom. The molecule has 0 aliphatic heterocycles. The Bertz CT molecular complexity index is 428. The van der Waals surface area contributed by atoms with Gasteiger partial charge in [-0.05, 0) is 46.8 Å². The number of nitrogens with two attached hydrogens (primary N) is 1. The number of phenols is 1. The second-order valence-corrected chi connectivity index (χ2v) is 5.08. The van der Waals surface area contributed by atoms with Crippen LogP contribution in [-0.2, 0) is 12.0 Å². The number of phenolic OH excluding ortho intramolecular Hbond substituents is 1. The van der Waals surface area contributed by atoms with Crippen molar-refractivity contribution < 1.29 is 9.84 Å². The summed E-state index contributed by atoms with van der Waals surface area (Å²) in [5.74, 6) is 0.919. The van der Waals surface area contributed by atoms with Crippen LogP contribution < -0.4 is 10.5 Å². The van der Waals surface area contributed by atoms with E-state index < -0.39 is 0 Å². The van der Waals surface area contributed by atoms with Crippen molar-refractivity contribution in [2.45, 2.75) is 31.7 Å². The summed E-state index contributed by atoms with van der Waals surface area (Å²) in [4.78, 5) is 0. The first kappa shape index (κ1) is 11.7. The molecular weight excluding hydrogens is 270 g/mol. The topological polar surface area (TPSA) is 55.5 Å². The molecule has 0 heterocycles. The van der Waals surface area contributed by atoms with Crippen molar-refractivity contribution in [3.8, 4) is 11.5 Å². The molecule has 2 rings (SSSR count). The number of benzene rings is 1. The fourth-order valence-corrected chi connectivity index (χ4v) is 2.57. The highest BCUT2D eigenvalue weighted by Crippen LogP contribution is 2.51. The fourth-order valence-electron chi connectivity index (χ4n) is 1.94. The van der Waals surface area contributed by atoms with Gasteiger partial charge in [-0.1, -0.05) is 6.92 Å². The van der Waals surface area contributed by atoms with Crippen molar-refractivity contribution in [3.63, 3.8) is 0 Å². The van der Waals surface area contributed by atoms with Crippen molar-refractivity contribution in [1.82, 2.24) is 0 Å². The molecule has 1 aromatic carbocycles. The van der Waals surface area contributed by atoms with Gasteiger partial charge < -0.3 is 15.6 Å². The molecule has 16 heavy (non-hydrogen) atoms. The first-order valence-corrected chi connectivity index (χ1v) is 6.20. The Hall–Kier alpha value is -0.740. The molecule has 88 valence electrons. The van der Waals surface area contributed by atoms with Crippen LogP contribution in [0.25, 0.3) is 0 Å². The van der Waals surface area contributed by atoms with Gasteiger partial charge in [0.1, 0.15) is 16.0 Å². The first-order chi connectivity index (χ1) is 7.53. The molecule has 0 atom stereocenters. The normalized spacial score (nSPS) is 17.2. The largest absolute Gasteiger partial charge is 0.506 e. The van der Waals surface area contributed by atoms with Gasteiger partial charge in [0.15, 0.2) is 0 Å². The number of hydrogen-bond acceptors (Lipinski definition) is 3. The van der Waals surface area contributed by atoms with Crippen molar-refractivity contribution in [3.05, 3.63) is 21.7 Å². The van der Waals surface area contributed by atoms with Gasteiger partial charge in [-0.2, -0.15) is 0 Å². The maximum atomic E-state index is 10.1. The molecule has 1 aliphatic carbocycles. The van der Waals surface area contributed by atoms with Crippen molar-refractivity contribution in [1.29, 1.82) is 0 Å². The minimum Gasteiger partial charge on any atom is -0.506 e. The number of ether oxygens (including phenoxy) is 1. The molecule has 0 radical (unpaired) electrons. The molecule has 3 nitrogen and oxygen atoms in total. The van der Waals surface area contributed by atoms with E-state index >= 15 is 0 Å². The summed E-state index contributed by atoms with van der Waals surface area (Å²) in [5, 5.41) is 10.1. The number of aromatic hydroxyl groups is 1. The summed E-state index contributed by atoms with van der Waals surface area (Å²) in [6.45, 7) is 2.06. The lowest BCUT2D eigenvalue weighted by molar-refractivity contribution is 0.396. The first-order valence-electron chi connectivity index (χ1n) is 5.41. The molecular formula is C12H16BrNO2. The van der Waals surface area contributed by atoms with E-state index in [2.05, 4.69) is 22.9 Å². The minimum atomic E-state index is -0.331. The molecule has 1 aliphatic rings. The van der Waals surface area contributed by atoms with E-state index in [1.807, 2.05) is 6.07 Å². The average molecular weight is 286 g/mol. The van der Waals surface area contributed by atoms with Gasteiger partial charge in [-0.15, -0.1) is 0 Å². The van der Waals surface area contributed by atoms with Crippen LogP contribution in [0.4, 0.5) is 0 Å². The summed E-state index contributed by atoms with van der Waals surface area (Å²) < 4.78 is 5.90. The highest BCUT2D eigenvalue weighted by Gasteiger charge is 2.43. The molecule has 0 aromatic heterocycles. The second kappa shape index (κ2) is 3.93. The Kier molecular flexibility index (Phi) is 2.88. The van der Waals surface area contributed by atoms with E-state index in [4.69, 9.17) is 10.5 Å². The molecule has 1 fully saturated rings. The zero-order chi connectivity index (χ0) is 11.9. The van der Waals surface area contributed by atoms with Crippen LogP contribution in [0.5, 0.6) is 11.5 Å². The van der Waals surface area contributed by atoms with Crippen LogP contribution in [0.15, 0.2) is 10.5 Å². The molecule has 1 aromatic rings. The highest BCUT2D eigenvalue weighted by atomic mass is 79.9. The molecule has 0 amide bonds. The summed E-state index contributed by atoms with van der Waals surface area (Å²) >= 11 is 3.37. The van der Waals surface area contributed by atoms with Crippen molar-refractivity contribution >= 4 is 15.9 Å². The van der Waals surface area contributed by atoms with Gasteiger partial charge in [0.05, 0.1) is 7.11 Å². The molecule has 0 saturated heterocycles. The summed E-state index contributed by atoms with van der Waals surface area (Å²) in [6.07, 6.45) is 2.72. The maximum absolute atomic E-state index is 10.1. The van der Waals surface area contributed by atoms with E-state index in [0.29, 0.717) is 10.2 Å². The number of halogens is 1. The number of aryl methyl sites for hydroxylation is 1. The second-order valence-electron chi connectivity index (χ2n) is 4.29. The third-order valence-electron chi connectivity index (χ3n) is 3.18. The molecule has 1 saturated carbocycles. The van der Waals surface area contributed by atoms with E-state index in [0.717, 1.165) is 30.4 Å². The van der Waals surface area contributed by atoms with Gasteiger partial charge in [0.2, 0.25) is 0 Å². The zero-order valence-electron chi connectivity index (χ0n) is 9.51. The number of rotatable bonds is 3. The predicted octanol–water partition coefficient (Wildman–Crippen LogP) is 2.67. The van der Waals surface area contributed by atoms with Crippen LogP contribution >= 0.6 is 15.9 Å². The fraction of sp³-hybridized carbons (Fsp3) is 0.500. The lowest BCUT2D eigenvalue weighted by Crippen LogP contribution is -2.19. The standard InChI is InChI=1S/C12H16BrNO2/c1-3-7-6-8(12(14)4-5-12)10(15)9(13)11(7)16-2/h6,15H,3-5,14H2,1-2H3. The Morgan fingerprint density at radius 3 is 2.62 bits per heavy atom. The lowest BCUT2D eigenvalue weighted by Gasteiger charge is -2.18. The predicted molar refractivity (Wildman–Crippen MR) is 66.8 cm³/mol. The molecule has 0 bridgehead atoms. The Labute approximate surface area is 104 Å². The van der Waals surface area contributed by atoms with Crippen LogP contribution in [0.3, 0.4) is 0 Å². The van der Waals surface area contributed by atoms with Crippen molar-refractivity contribution in [2.75, 3.05) is 7.11 Å². The average Bonchev–Trinajstić information content (AvgIpc) is 3.01. The summed E-state index contributed by atoms with van der Waals surface area (Å²) in [7, 11) is 1.60. The van der Waals surface area contributed by atoms with Gasteiger partial charge in [-0.3, -0.25) is 0 Å². The van der Waals surface area contributed by atoms with Gasteiger partial charge in [0.25, 0.3) is 0 Å². The summed E-state index contributed by atoms with van der Waals surface area (Å²) in [6, 6.07) is 1.96. The third kappa shape index (κ3) is 1.70. The monoisotopic (exact) mass is 285 g/mol. The van der Waals surface area contributed by atoms with Gasteiger partial charge in [-0.25, -0.2) is 0 Å². The highest BCUT2D eigenvalue weighted by molar-refractivity contribution is 9.10. The Balaban J connectivity index is 2.60. The maximum Gasteiger partial charge on any atom is 0.140 e. The van der Waals surface area contributed by atoms with Crippen molar-refractivity contribution in [2.24, 2.45) is 5.73 Å². The smallest absolute Gasteiger partial charge is 0.140 e. The quantitative estimate of drug-likeness (QED) is 0.898. The van der Waals surface area contributed by atoms with E-state index in [1.54, 1.807) is 7.11 Å².